The van der Waals surface area contributed by atoms with E-state index >= 15 is 0 Å². The molecule has 2 rings (SSSR count). The summed E-state index contributed by atoms with van der Waals surface area (Å²) in [6, 6.07) is 2.59. The molecule has 0 radical (unpaired) electrons. The molecule has 1 aromatic rings. The van der Waals surface area contributed by atoms with Crippen molar-refractivity contribution in [3.05, 3.63) is 45.4 Å². The van der Waals surface area contributed by atoms with E-state index in [1.807, 2.05) is 0 Å². The van der Waals surface area contributed by atoms with Gasteiger partial charge in [-0.3, -0.25) is 24.6 Å². The van der Waals surface area contributed by atoms with Crippen molar-refractivity contribution in [1.82, 2.24) is 4.90 Å². The molecule has 1 aliphatic rings. The maximum absolute atomic E-state index is 12.2. The smallest absolute Gasteiger partial charge is 0.311 e. The predicted octanol–water partition coefficient (Wildman–Crippen LogP) is 2.83. The van der Waals surface area contributed by atoms with Crippen LogP contribution < -0.4 is 9.47 Å². The van der Waals surface area contributed by atoms with E-state index < -0.39 is 16.1 Å². The van der Waals surface area contributed by atoms with E-state index in [1.165, 1.54) is 38.5 Å². The van der Waals surface area contributed by atoms with E-state index in [9.17, 15) is 19.7 Å². The lowest BCUT2D eigenvalue weighted by atomic mass is 10.1. The largest absolute Gasteiger partial charge is 0.496 e. The molecule has 2 amide bonds. The fourth-order valence-electron chi connectivity index (χ4n) is 2.09. The number of nitrogens with zero attached hydrogens (tertiary/aromatic N) is 2. The van der Waals surface area contributed by atoms with Crippen molar-refractivity contribution < 1.29 is 24.0 Å². The summed E-state index contributed by atoms with van der Waals surface area (Å²) in [5.74, 6) is -0.160. The Morgan fingerprint density at radius 3 is 2.50 bits per heavy atom. The molecule has 126 valence electrons. The molecule has 8 nitrogen and oxygen atoms in total. The van der Waals surface area contributed by atoms with Crippen molar-refractivity contribution in [2.24, 2.45) is 0 Å². The molecule has 0 saturated carbocycles. The van der Waals surface area contributed by atoms with Gasteiger partial charge in [-0.1, -0.05) is 6.08 Å². The van der Waals surface area contributed by atoms with Crippen LogP contribution in [0.4, 0.5) is 10.5 Å². The average Bonchev–Trinajstić information content (AvgIpc) is 2.82. The quantitative estimate of drug-likeness (QED) is 0.337. The van der Waals surface area contributed by atoms with E-state index in [2.05, 4.69) is 6.58 Å². The third-order valence-electron chi connectivity index (χ3n) is 3.20. The zero-order valence-corrected chi connectivity index (χ0v) is 13.8. The summed E-state index contributed by atoms with van der Waals surface area (Å²) in [7, 11) is 2.70. The van der Waals surface area contributed by atoms with Gasteiger partial charge in [-0.05, 0) is 17.8 Å². The van der Waals surface area contributed by atoms with Crippen LogP contribution in [0.3, 0.4) is 0 Å². The third kappa shape index (κ3) is 3.25. The number of nitro benzene ring substituents is 1. The van der Waals surface area contributed by atoms with Crippen molar-refractivity contribution >= 4 is 34.7 Å². The SMILES string of the molecule is C=CCN1C(=O)S/C(=C/c2cc([N+](=O)[O-])c(OC)cc2OC)C1=O. The van der Waals surface area contributed by atoms with Crippen LogP contribution in [0.1, 0.15) is 5.56 Å². The minimum absolute atomic E-state index is 0.0359. The van der Waals surface area contributed by atoms with Crippen LogP contribution in [0.15, 0.2) is 29.7 Å². The van der Waals surface area contributed by atoms with Crippen LogP contribution in [0.25, 0.3) is 6.08 Å². The first-order valence-corrected chi connectivity index (χ1v) is 7.51. The Hall–Kier alpha value is -2.81. The second-order valence-electron chi connectivity index (χ2n) is 4.60. The van der Waals surface area contributed by atoms with E-state index in [1.54, 1.807) is 0 Å². The van der Waals surface area contributed by atoms with Gasteiger partial charge in [-0.15, -0.1) is 6.58 Å². The molecule has 1 saturated heterocycles. The van der Waals surface area contributed by atoms with Crippen LogP contribution in [0.2, 0.25) is 0 Å². The highest BCUT2D eigenvalue weighted by atomic mass is 32.2. The fraction of sp³-hybridized carbons (Fsp3) is 0.200. The van der Waals surface area contributed by atoms with Gasteiger partial charge in [0.1, 0.15) is 5.75 Å². The van der Waals surface area contributed by atoms with E-state index in [-0.39, 0.29) is 28.6 Å². The minimum atomic E-state index is -0.598. The van der Waals surface area contributed by atoms with Gasteiger partial charge < -0.3 is 9.47 Å². The predicted molar refractivity (Wildman–Crippen MR) is 89.1 cm³/mol. The number of imide groups is 1. The number of nitro groups is 1. The highest BCUT2D eigenvalue weighted by molar-refractivity contribution is 8.18. The number of thioether (sulfide) groups is 1. The lowest BCUT2D eigenvalue weighted by Gasteiger charge is -2.09. The maximum Gasteiger partial charge on any atom is 0.311 e. The highest BCUT2D eigenvalue weighted by Crippen LogP contribution is 2.38. The average molecular weight is 350 g/mol. The molecule has 1 heterocycles. The Bertz CT molecular complexity index is 759. The number of benzene rings is 1. The molecule has 0 unspecified atom stereocenters. The first-order chi connectivity index (χ1) is 11.4. The number of rotatable bonds is 6. The molecule has 0 N–H and O–H groups in total. The molecule has 0 aromatic heterocycles. The van der Waals surface area contributed by atoms with Gasteiger partial charge in [0.25, 0.3) is 11.1 Å². The second kappa shape index (κ2) is 7.18. The molecular weight excluding hydrogens is 336 g/mol. The van der Waals surface area contributed by atoms with Gasteiger partial charge in [0.2, 0.25) is 5.75 Å². The number of methoxy groups -OCH3 is 2. The van der Waals surface area contributed by atoms with Crippen LogP contribution in [-0.2, 0) is 4.79 Å². The van der Waals surface area contributed by atoms with E-state index in [4.69, 9.17) is 9.47 Å². The molecule has 1 aliphatic heterocycles. The molecule has 1 fully saturated rings. The maximum atomic E-state index is 12.2. The lowest BCUT2D eigenvalue weighted by molar-refractivity contribution is -0.385. The van der Waals surface area contributed by atoms with Crippen LogP contribution >= 0.6 is 11.8 Å². The molecule has 0 atom stereocenters. The van der Waals surface area contributed by atoms with Gasteiger partial charge in [0, 0.05) is 24.2 Å². The zero-order chi connectivity index (χ0) is 17.9. The molecule has 24 heavy (non-hydrogen) atoms. The van der Waals surface area contributed by atoms with Gasteiger partial charge in [0.05, 0.1) is 24.0 Å². The van der Waals surface area contributed by atoms with E-state index in [0.717, 1.165) is 16.7 Å². The monoisotopic (exact) mass is 350 g/mol. The van der Waals surface area contributed by atoms with Crippen molar-refractivity contribution in [2.45, 2.75) is 0 Å². The summed E-state index contributed by atoms with van der Waals surface area (Å²) < 4.78 is 10.2. The Kier molecular flexibility index (Phi) is 5.24. The number of amides is 2. The normalized spacial score (nSPS) is 15.8. The Balaban J connectivity index is 2.50. The summed E-state index contributed by atoms with van der Waals surface area (Å²) >= 11 is 0.754. The summed E-state index contributed by atoms with van der Waals surface area (Å²) in [4.78, 5) is 35.8. The van der Waals surface area contributed by atoms with Crippen molar-refractivity contribution in [3.8, 4) is 11.5 Å². The number of hydrogen-bond acceptors (Lipinski definition) is 7. The van der Waals surface area contributed by atoms with Crippen LogP contribution in [0, 0.1) is 10.1 Å². The van der Waals surface area contributed by atoms with Crippen molar-refractivity contribution in [1.29, 1.82) is 0 Å². The lowest BCUT2D eigenvalue weighted by Crippen LogP contribution is -2.27. The van der Waals surface area contributed by atoms with Gasteiger partial charge in [-0.2, -0.15) is 0 Å². The van der Waals surface area contributed by atoms with Gasteiger partial charge in [0.15, 0.2) is 0 Å². The number of carbonyl (C=O) groups excluding carboxylic acids is 2. The molecule has 0 spiro atoms. The number of hydrogen-bond donors (Lipinski definition) is 0. The molecule has 0 aliphatic carbocycles. The number of ether oxygens (including phenoxy) is 2. The molecule has 9 heteroatoms. The first kappa shape index (κ1) is 17.5. The Morgan fingerprint density at radius 2 is 1.96 bits per heavy atom. The zero-order valence-electron chi connectivity index (χ0n) is 13.0. The fourth-order valence-corrected chi connectivity index (χ4v) is 2.93. The van der Waals surface area contributed by atoms with Crippen molar-refractivity contribution in [2.75, 3.05) is 20.8 Å². The summed E-state index contributed by atoms with van der Waals surface area (Å²) in [6.07, 6.45) is 2.83. The summed E-state index contributed by atoms with van der Waals surface area (Å²) in [6.45, 7) is 3.59. The van der Waals surface area contributed by atoms with Crippen LogP contribution in [-0.4, -0.2) is 41.7 Å². The summed E-state index contributed by atoms with van der Waals surface area (Å²) in [5, 5.41) is 10.7. The second-order valence-corrected chi connectivity index (χ2v) is 5.60. The Labute approximate surface area is 141 Å². The molecular formula is C15H14N2O6S. The standard InChI is InChI=1S/C15H14N2O6S/c1-4-5-16-14(18)13(24-15(16)19)7-9-6-10(17(20)21)12(23-3)8-11(9)22-2/h4,6-8H,1,5H2,2-3H3/b13-7+. The van der Waals surface area contributed by atoms with Crippen LogP contribution in [0.5, 0.6) is 11.5 Å². The van der Waals surface area contributed by atoms with Gasteiger partial charge >= 0.3 is 5.69 Å². The minimum Gasteiger partial charge on any atom is -0.496 e. The Morgan fingerprint density at radius 1 is 1.29 bits per heavy atom. The molecule has 1 aromatic carbocycles. The van der Waals surface area contributed by atoms with Gasteiger partial charge in [-0.25, -0.2) is 0 Å². The molecule has 0 bridgehead atoms. The highest BCUT2D eigenvalue weighted by Gasteiger charge is 2.34. The first-order valence-electron chi connectivity index (χ1n) is 6.69. The van der Waals surface area contributed by atoms with Crippen molar-refractivity contribution in [3.63, 3.8) is 0 Å². The summed E-state index contributed by atoms with van der Waals surface area (Å²) in [5.41, 5.74) is 0.0315. The van der Waals surface area contributed by atoms with E-state index in [0.29, 0.717) is 5.56 Å². The number of carbonyl (C=O) groups is 2. The third-order valence-corrected chi connectivity index (χ3v) is 4.11. The topological polar surface area (TPSA) is 99.0 Å².